The van der Waals surface area contributed by atoms with Crippen LogP contribution >= 0.6 is 23.2 Å². The summed E-state index contributed by atoms with van der Waals surface area (Å²) in [5, 5.41) is 13.6. The number of hydrogen-bond acceptors (Lipinski definition) is 9. The van der Waals surface area contributed by atoms with Crippen molar-refractivity contribution in [1.82, 2.24) is 34.5 Å². The lowest BCUT2D eigenvalue weighted by Crippen LogP contribution is -2.52. The molecule has 0 aliphatic heterocycles. The van der Waals surface area contributed by atoms with E-state index in [1.165, 1.54) is 25.7 Å². The number of aromatic nitrogens is 6. The number of carbonyl (C=O) groups excluding carboxylic acids is 1. The molecule has 0 bridgehead atoms. The third kappa shape index (κ3) is 12.2. The van der Waals surface area contributed by atoms with Gasteiger partial charge >= 0.3 is 6.09 Å². The minimum atomic E-state index is -0.621. The molecule has 0 spiro atoms. The minimum Gasteiger partial charge on any atom is -0.490 e. The molecule has 4 aromatic heterocycles. The average Bonchev–Trinajstić information content (AvgIpc) is 4.13. The zero-order chi connectivity index (χ0) is 45.3. The highest BCUT2D eigenvalue weighted by atomic mass is 35.5. The van der Waals surface area contributed by atoms with Crippen molar-refractivity contribution in [3.05, 3.63) is 94.5 Å². The van der Waals surface area contributed by atoms with Gasteiger partial charge in [-0.1, -0.05) is 50.9 Å². The normalized spacial score (nSPS) is 16.1. The van der Waals surface area contributed by atoms with Gasteiger partial charge in [0, 0.05) is 53.0 Å². The predicted molar refractivity (Wildman–Crippen MR) is 251 cm³/mol. The second-order valence-electron chi connectivity index (χ2n) is 19.8. The Kier molecular flexibility index (Phi) is 13.7. The molecule has 0 radical (unpaired) electrons. The lowest BCUT2D eigenvalue weighted by atomic mass is 9.91. The van der Waals surface area contributed by atoms with Crippen molar-refractivity contribution in [2.75, 3.05) is 13.2 Å². The minimum absolute atomic E-state index is 0.257. The summed E-state index contributed by atoms with van der Waals surface area (Å²) in [4.78, 5) is 21.4. The first-order chi connectivity index (χ1) is 29.7. The topological polar surface area (TPSA) is 143 Å². The van der Waals surface area contributed by atoms with Crippen LogP contribution in [0, 0.1) is 11.8 Å². The molecule has 63 heavy (non-hydrogen) atoms. The maximum absolute atomic E-state index is 12.5. The monoisotopic (exact) mass is 896 g/mol. The van der Waals surface area contributed by atoms with Gasteiger partial charge in [0.15, 0.2) is 11.3 Å². The molecule has 2 atom stereocenters. The van der Waals surface area contributed by atoms with Gasteiger partial charge in [-0.05, 0) is 134 Å². The lowest BCUT2D eigenvalue weighted by molar-refractivity contribution is 0.0408. The zero-order valence-corrected chi connectivity index (χ0v) is 39.6. The van der Waals surface area contributed by atoms with Gasteiger partial charge in [0.05, 0.1) is 38.4 Å². The van der Waals surface area contributed by atoms with Crippen LogP contribution in [-0.4, -0.2) is 65.2 Å². The number of nitrogens with one attached hydrogen (secondary N) is 1. The van der Waals surface area contributed by atoms with Crippen LogP contribution in [0.15, 0.2) is 73.1 Å². The van der Waals surface area contributed by atoms with E-state index >= 15 is 0 Å². The number of nitrogens with two attached hydrogens (primary N) is 1. The quantitative estimate of drug-likeness (QED) is 0.103. The van der Waals surface area contributed by atoms with Crippen LogP contribution in [0.1, 0.15) is 124 Å². The van der Waals surface area contributed by atoms with E-state index in [-0.39, 0.29) is 12.1 Å². The number of nitrogens with zero attached hydrogens (tertiary/aromatic N) is 6. The molecule has 12 nitrogen and oxygen atoms in total. The molecule has 2 saturated carbocycles. The van der Waals surface area contributed by atoms with Crippen LogP contribution in [0.4, 0.5) is 4.79 Å². The number of hydrogen-bond donors (Lipinski definition) is 2. The van der Waals surface area contributed by atoms with Gasteiger partial charge in [-0.25, -0.2) is 23.8 Å². The number of amides is 1. The second-order valence-corrected chi connectivity index (χ2v) is 20.6. The molecule has 2 aliphatic rings. The fourth-order valence-electron chi connectivity index (χ4n) is 8.04. The van der Waals surface area contributed by atoms with Crippen LogP contribution < -0.4 is 20.5 Å². The van der Waals surface area contributed by atoms with Crippen molar-refractivity contribution in [2.24, 2.45) is 17.6 Å². The van der Waals surface area contributed by atoms with Crippen LogP contribution in [0.25, 0.3) is 33.8 Å². The SMILES string of the molecule is CC(C)C[C@@](C)(COc1ccc(-c2ccnc3cc(C4CC4)nn23)cc1Cl)NC(=O)OC(C)(C)C.CC(C)C[C@](C)(N)COc1ccc(-c2ccnc3cc(C4CC4)nn23)cc1Cl. The molecule has 2 aromatic carbocycles. The van der Waals surface area contributed by atoms with E-state index < -0.39 is 17.2 Å². The summed E-state index contributed by atoms with van der Waals surface area (Å²) in [5.74, 6) is 3.21. The number of ether oxygens (including phenoxy) is 3. The molecule has 4 heterocycles. The first-order valence-electron chi connectivity index (χ1n) is 22.1. The summed E-state index contributed by atoms with van der Waals surface area (Å²) in [6.45, 7) is 18.7. The summed E-state index contributed by atoms with van der Waals surface area (Å²) in [6.07, 6.45) is 9.57. The summed E-state index contributed by atoms with van der Waals surface area (Å²) >= 11 is 13.2. The van der Waals surface area contributed by atoms with Gasteiger partial charge in [-0.3, -0.25) is 0 Å². The molecule has 2 aliphatic carbocycles. The molecule has 0 saturated heterocycles. The molecule has 0 unspecified atom stereocenters. The number of alkyl carbamates (subject to hydrolysis) is 1. The summed E-state index contributed by atoms with van der Waals surface area (Å²) in [7, 11) is 0. The summed E-state index contributed by atoms with van der Waals surface area (Å²) in [6, 6.07) is 19.6. The molecule has 1 amide bonds. The van der Waals surface area contributed by atoms with E-state index in [0.717, 1.165) is 58.0 Å². The third-order valence-electron chi connectivity index (χ3n) is 10.8. The van der Waals surface area contributed by atoms with Crippen molar-refractivity contribution in [1.29, 1.82) is 0 Å². The standard InChI is InChI=1S/C27H35ClN4O3.C22H27ClN4O/c1-17(2)15-27(6,30-25(33)35-26(3,4)5)16-34-23-10-9-19(13-20(23)28)22-11-12-29-24-14-21(18-7-8-18)31-32(22)24;1-14(2)12-22(3,24)13-28-20-7-6-16(10-17(20)23)19-8-9-25-21-11-18(15-4-5-15)26-27(19)21/h9-14,17-18H,7-8,15-16H2,1-6H3,(H,30,33);6-11,14-15H,4-5,12-13,24H2,1-3H3/t27-;22-/m00/s1. The molecule has 3 N–H and O–H groups in total. The zero-order valence-electron chi connectivity index (χ0n) is 38.0. The van der Waals surface area contributed by atoms with Gasteiger partial charge in [-0.15, -0.1) is 0 Å². The fourth-order valence-corrected chi connectivity index (χ4v) is 8.51. The van der Waals surface area contributed by atoms with E-state index in [4.69, 9.17) is 53.3 Å². The van der Waals surface area contributed by atoms with Crippen molar-refractivity contribution in [2.45, 2.75) is 129 Å². The van der Waals surface area contributed by atoms with Gasteiger partial charge in [0.2, 0.25) is 0 Å². The Morgan fingerprint density at radius 3 is 1.59 bits per heavy atom. The average molecular weight is 898 g/mol. The maximum Gasteiger partial charge on any atom is 0.408 e. The number of benzene rings is 2. The Labute approximate surface area is 381 Å². The van der Waals surface area contributed by atoms with Gasteiger partial charge in [-0.2, -0.15) is 10.2 Å². The van der Waals surface area contributed by atoms with Gasteiger partial charge in [0.25, 0.3) is 0 Å². The van der Waals surface area contributed by atoms with Crippen molar-refractivity contribution in [3.63, 3.8) is 0 Å². The Morgan fingerprint density at radius 1 is 0.714 bits per heavy atom. The number of carbonyl (C=O) groups is 1. The Hall–Kier alpha value is -4.91. The Morgan fingerprint density at radius 2 is 1.17 bits per heavy atom. The smallest absolute Gasteiger partial charge is 0.408 e. The lowest BCUT2D eigenvalue weighted by Gasteiger charge is -2.33. The van der Waals surface area contributed by atoms with E-state index in [9.17, 15) is 4.79 Å². The van der Waals surface area contributed by atoms with Crippen LogP contribution in [0.5, 0.6) is 11.5 Å². The highest BCUT2D eigenvalue weighted by Crippen LogP contribution is 2.41. The fraction of sp³-hybridized carbons (Fsp3) is 0.490. The van der Waals surface area contributed by atoms with Crippen molar-refractivity contribution < 1.29 is 19.0 Å². The van der Waals surface area contributed by atoms with E-state index in [1.807, 2.05) is 98.4 Å². The van der Waals surface area contributed by atoms with Crippen molar-refractivity contribution in [3.8, 4) is 34.0 Å². The third-order valence-corrected chi connectivity index (χ3v) is 11.4. The van der Waals surface area contributed by atoms with Crippen LogP contribution in [0.3, 0.4) is 0 Å². The van der Waals surface area contributed by atoms with E-state index in [1.54, 1.807) is 6.20 Å². The molecular formula is C49H62Cl2N8O4. The van der Waals surface area contributed by atoms with E-state index in [0.29, 0.717) is 51.8 Å². The highest BCUT2D eigenvalue weighted by Gasteiger charge is 2.32. The Bertz CT molecular complexity index is 2550. The van der Waals surface area contributed by atoms with Crippen LogP contribution in [0.2, 0.25) is 10.0 Å². The molecule has 336 valence electrons. The molecule has 6 aromatic rings. The first-order valence-corrected chi connectivity index (χ1v) is 22.9. The first kappa shape index (κ1) is 46.1. The Balaban J connectivity index is 0.000000193. The highest BCUT2D eigenvalue weighted by molar-refractivity contribution is 6.32. The number of rotatable bonds is 15. The molecule has 8 rings (SSSR count). The van der Waals surface area contributed by atoms with Gasteiger partial charge < -0.3 is 25.3 Å². The summed E-state index contributed by atoms with van der Waals surface area (Å²) in [5.41, 5.74) is 12.5. The largest absolute Gasteiger partial charge is 0.490 e. The van der Waals surface area contributed by atoms with Crippen molar-refractivity contribution >= 4 is 40.6 Å². The maximum atomic E-state index is 12.5. The number of fused-ring (bicyclic) bond motifs is 2. The summed E-state index contributed by atoms with van der Waals surface area (Å²) < 4.78 is 21.3. The number of halogens is 2. The van der Waals surface area contributed by atoms with Gasteiger partial charge in [0.1, 0.15) is 30.3 Å². The second kappa shape index (κ2) is 18.7. The van der Waals surface area contributed by atoms with Crippen LogP contribution in [-0.2, 0) is 4.74 Å². The molecular weight excluding hydrogens is 835 g/mol. The van der Waals surface area contributed by atoms with E-state index in [2.05, 4.69) is 55.1 Å². The molecule has 14 heteroatoms. The predicted octanol–water partition coefficient (Wildman–Crippen LogP) is 11.7. The molecule has 2 fully saturated rings.